The van der Waals surface area contributed by atoms with E-state index in [2.05, 4.69) is 9.72 Å². The Morgan fingerprint density at radius 2 is 1.77 bits per heavy atom. The largest absolute Gasteiger partial charge is 0.490 e. The summed E-state index contributed by atoms with van der Waals surface area (Å²) in [7, 11) is -0.328. The van der Waals surface area contributed by atoms with Gasteiger partial charge in [0.2, 0.25) is 0 Å². The summed E-state index contributed by atoms with van der Waals surface area (Å²) < 4.78 is 30.4. The lowest BCUT2D eigenvalue weighted by molar-refractivity contribution is -0.139. The van der Waals surface area contributed by atoms with Gasteiger partial charge in [0.05, 0.1) is 12.6 Å². The number of carbonyl (C=O) groups excluding carboxylic acids is 2. The molecule has 0 unspecified atom stereocenters. The van der Waals surface area contributed by atoms with E-state index < -0.39 is 42.7 Å². The molecule has 1 aromatic heterocycles. The molecule has 0 spiro atoms. The Morgan fingerprint density at radius 1 is 1.10 bits per heavy atom. The van der Waals surface area contributed by atoms with Gasteiger partial charge in [0.1, 0.15) is 23.7 Å². The van der Waals surface area contributed by atoms with Crippen LogP contribution in [-0.4, -0.2) is 47.7 Å². The fourth-order valence-corrected chi connectivity index (χ4v) is 2.57. The first-order valence-corrected chi connectivity index (χ1v) is 8.75. The minimum atomic E-state index is -1.46. The monoisotopic (exact) mass is 416 g/mol. The highest BCUT2D eigenvalue weighted by Crippen LogP contribution is 2.14. The maximum atomic E-state index is 13.1. The standard InChI is InChI=1S/C10H10BNO2.C10H9F2NO3/c1-7-4-5-9(11(13)14)10-8(7)3-2-6-12-10;1-16-8(14)5-13-10(15)9-6(11)3-2-4-7(9)12/h2-6,13-14H,1H3;2-4H,5H2,1H3,(H,13,15). The van der Waals surface area contributed by atoms with Crippen molar-refractivity contribution in [3.8, 4) is 0 Å². The third-order valence-corrected chi connectivity index (χ3v) is 4.11. The molecule has 0 saturated heterocycles. The van der Waals surface area contributed by atoms with Crippen LogP contribution in [0.5, 0.6) is 0 Å². The Hall–Kier alpha value is -3.37. The predicted octanol–water partition coefficient (Wildman–Crippen LogP) is 1.09. The summed E-state index contributed by atoms with van der Waals surface area (Å²) in [5.74, 6) is -3.67. The van der Waals surface area contributed by atoms with Crippen LogP contribution < -0.4 is 10.8 Å². The molecule has 10 heteroatoms. The van der Waals surface area contributed by atoms with Crippen LogP contribution in [0.25, 0.3) is 10.9 Å². The number of nitrogens with one attached hydrogen (secondary N) is 1. The average molecular weight is 416 g/mol. The molecule has 3 rings (SSSR count). The molecule has 3 N–H and O–H groups in total. The Balaban J connectivity index is 0.000000215. The van der Waals surface area contributed by atoms with Gasteiger partial charge in [-0.3, -0.25) is 14.6 Å². The second-order valence-electron chi connectivity index (χ2n) is 6.10. The molecule has 0 fully saturated rings. The fourth-order valence-electron chi connectivity index (χ4n) is 2.57. The van der Waals surface area contributed by atoms with E-state index in [-0.39, 0.29) is 0 Å². The van der Waals surface area contributed by atoms with Gasteiger partial charge in [-0.2, -0.15) is 0 Å². The summed E-state index contributed by atoms with van der Waals surface area (Å²) in [6.45, 7) is 1.53. The summed E-state index contributed by atoms with van der Waals surface area (Å²) >= 11 is 0. The molecule has 0 aliphatic carbocycles. The zero-order valence-corrected chi connectivity index (χ0v) is 16.2. The molecule has 0 aliphatic rings. The number of hydrogen-bond donors (Lipinski definition) is 3. The first kappa shape index (κ1) is 22.9. The highest BCUT2D eigenvalue weighted by molar-refractivity contribution is 6.61. The van der Waals surface area contributed by atoms with Crippen molar-refractivity contribution < 1.29 is 33.2 Å². The number of aromatic nitrogens is 1. The number of benzene rings is 2. The van der Waals surface area contributed by atoms with E-state index in [4.69, 9.17) is 10.0 Å². The van der Waals surface area contributed by atoms with Gasteiger partial charge < -0.3 is 20.1 Å². The van der Waals surface area contributed by atoms with Crippen molar-refractivity contribution >= 4 is 35.4 Å². The van der Waals surface area contributed by atoms with E-state index in [9.17, 15) is 18.4 Å². The van der Waals surface area contributed by atoms with E-state index in [1.54, 1.807) is 12.3 Å². The summed E-state index contributed by atoms with van der Waals surface area (Å²) in [5, 5.41) is 21.3. The zero-order valence-electron chi connectivity index (χ0n) is 16.2. The highest BCUT2D eigenvalue weighted by Gasteiger charge is 2.17. The summed E-state index contributed by atoms with van der Waals surface area (Å²) in [6.07, 6.45) is 1.65. The third kappa shape index (κ3) is 5.59. The number of aryl methyl sites for hydroxylation is 1. The molecule has 7 nitrogen and oxygen atoms in total. The molecular weight excluding hydrogens is 397 g/mol. The van der Waals surface area contributed by atoms with Gasteiger partial charge in [-0.1, -0.05) is 24.3 Å². The van der Waals surface area contributed by atoms with E-state index >= 15 is 0 Å². The van der Waals surface area contributed by atoms with Crippen molar-refractivity contribution in [1.82, 2.24) is 10.3 Å². The lowest BCUT2D eigenvalue weighted by Crippen LogP contribution is -2.31. The van der Waals surface area contributed by atoms with Crippen LogP contribution in [0.4, 0.5) is 8.78 Å². The summed E-state index contributed by atoms with van der Waals surface area (Å²) in [6, 6.07) is 10.4. The Morgan fingerprint density at radius 3 is 2.37 bits per heavy atom. The van der Waals surface area contributed by atoms with Crippen molar-refractivity contribution in [2.24, 2.45) is 0 Å². The van der Waals surface area contributed by atoms with Gasteiger partial charge in [0.25, 0.3) is 5.91 Å². The van der Waals surface area contributed by atoms with Crippen LogP contribution in [0.3, 0.4) is 0 Å². The van der Waals surface area contributed by atoms with Gasteiger partial charge in [-0.05, 0) is 30.7 Å². The lowest BCUT2D eigenvalue weighted by atomic mass is 9.78. The molecule has 1 heterocycles. The topological polar surface area (TPSA) is 109 Å². The number of ether oxygens (including phenoxy) is 1. The molecule has 2 aromatic carbocycles. The lowest BCUT2D eigenvalue weighted by Gasteiger charge is -2.06. The molecule has 30 heavy (non-hydrogen) atoms. The molecule has 156 valence electrons. The normalized spacial score (nSPS) is 10.1. The van der Waals surface area contributed by atoms with Gasteiger partial charge >= 0.3 is 13.1 Å². The molecular formula is C20H19BF2N2O5. The van der Waals surface area contributed by atoms with Crippen molar-refractivity contribution in [1.29, 1.82) is 0 Å². The number of esters is 1. The first-order valence-electron chi connectivity index (χ1n) is 8.75. The number of nitrogens with zero attached hydrogens (tertiary/aromatic N) is 1. The van der Waals surface area contributed by atoms with E-state index in [1.165, 1.54) is 0 Å². The Bertz CT molecular complexity index is 1040. The van der Waals surface area contributed by atoms with Crippen LogP contribution >= 0.6 is 0 Å². The van der Waals surface area contributed by atoms with Crippen LogP contribution in [0.15, 0.2) is 48.7 Å². The first-order chi connectivity index (χ1) is 14.3. The fraction of sp³-hybridized carbons (Fsp3) is 0.150. The Labute approximate surface area is 171 Å². The molecule has 0 bridgehead atoms. The number of halogens is 2. The number of fused-ring (bicyclic) bond motifs is 1. The zero-order chi connectivity index (χ0) is 22.3. The number of amides is 1. The maximum absolute atomic E-state index is 13.1. The van der Waals surface area contributed by atoms with Gasteiger partial charge in [0.15, 0.2) is 0 Å². The maximum Gasteiger partial charge on any atom is 0.490 e. The molecule has 0 radical (unpaired) electrons. The summed E-state index contributed by atoms with van der Waals surface area (Å²) in [5.41, 5.74) is 1.47. The molecule has 3 aromatic rings. The second kappa shape index (κ2) is 10.4. The van der Waals surface area contributed by atoms with E-state index in [0.29, 0.717) is 11.0 Å². The molecule has 0 saturated carbocycles. The number of hydrogen-bond acceptors (Lipinski definition) is 6. The van der Waals surface area contributed by atoms with Crippen LogP contribution in [0.1, 0.15) is 15.9 Å². The number of pyridine rings is 1. The van der Waals surface area contributed by atoms with Gasteiger partial charge in [-0.15, -0.1) is 0 Å². The second-order valence-corrected chi connectivity index (χ2v) is 6.10. The van der Waals surface area contributed by atoms with Crippen molar-refractivity contribution in [2.75, 3.05) is 13.7 Å². The van der Waals surface area contributed by atoms with Crippen molar-refractivity contribution in [2.45, 2.75) is 6.92 Å². The van der Waals surface area contributed by atoms with Crippen LogP contribution in [-0.2, 0) is 9.53 Å². The van der Waals surface area contributed by atoms with Gasteiger partial charge in [-0.25, -0.2) is 8.78 Å². The van der Waals surface area contributed by atoms with E-state index in [0.717, 1.165) is 36.3 Å². The molecule has 0 atom stereocenters. The van der Waals surface area contributed by atoms with E-state index in [1.807, 2.05) is 30.4 Å². The Kier molecular flexibility index (Phi) is 7.96. The number of rotatable bonds is 4. The smallest absolute Gasteiger partial charge is 0.468 e. The average Bonchev–Trinajstić information content (AvgIpc) is 2.72. The predicted molar refractivity (Wildman–Crippen MR) is 107 cm³/mol. The van der Waals surface area contributed by atoms with Gasteiger partial charge in [0, 0.05) is 17.0 Å². The number of carbonyl (C=O) groups is 2. The minimum Gasteiger partial charge on any atom is -0.468 e. The van der Waals surface area contributed by atoms with Crippen molar-refractivity contribution in [3.05, 3.63) is 71.4 Å². The number of methoxy groups -OCH3 is 1. The van der Waals surface area contributed by atoms with Crippen LogP contribution in [0, 0.1) is 18.6 Å². The van der Waals surface area contributed by atoms with Crippen molar-refractivity contribution in [3.63, 3.8) is 0 Å². The summed E-state index contributed by atoms with van der Waals surface area (Å²) in [4.78, 5) is 26.1. The third-order valence-electron chi connectivity index (χ3n) is 4.11. The SMILES string of the molecule is COC(=O)CNC(=O)c1c(F)cccc1F.Cc1ccc(B(O)O)c2ncccc12. The quantitative estimate of drug-likeness (QED) is 0.434. The molecule has 1 amide bonds. The molecule has 0 aliphatic heterocycles. The highest BCUT2D eigenvalue weighted by atomic mass is 19.1. The van der Waals surface area contributed by atoms with Crippen LogP contribution in [0.2, 0.25) is 0 Å². The minimum absolute atomic E-state index is 0.441.